The van der Waals surface area contributed by atoms with Gasteiger partial charge in [0.2, 0.25) is 0 Å². The maximum absolute atomic E-state index is 11.5. The van der Waals surface area contributed by atoms with Gasteiger partial charge in [-0.3, -0.25) is 9.69 Å². The number of hydrogen-bond acceptors (Lipinski definition) is 2. The summed E-state index contributed by atoms with van der Waals surface area (Å²) in [7, 11) is 2.13. The van der Waals surface area contributed by atoms with Crippen molar-refractivity contribution in [1.29, 1.82) is 0 Å². The number of rotatable bonds is 1. The molecule has 2 unspecified atom stereocenters. The van der Waals surface area contributed by atoms with Crippen LogP contribution in [0.4, 0.5) is 0 Å². The number of likely N-dealkylation sites (N-methyl/N-ethyl adjacent to an activating group) is 1. The maximum Gasteiger partial charge on any atom is 0.146 e. The van der Waals surface area contributed by atoms with Crippen molar-refractivity contribution in [3.05, 3.63) is 0 Å². The normalized spacial score (nSPS) is 29.0. The lowest BCUT2D eigenvalue weighted by molar-refractivity contribution is -0.120. The number of likely N-dealkylation sites (tertiary alicyclic amines) is 1. The Labute approximate surface area is 147 Å². The quantitative estimate of drug-likeness (QED) is 0.560. The Hall–Kier alpha value is -0.370. The molecule has 2 heteroatoms. The SMILES string of the molecule is CC.CC.CC.CC.CC(=O)C1CC2(CN1C)CC21CCCC1. The summed E-state index contributed by atoms with van der Waals surface area (Å²) in [5.41, 5.74) is 1.22. The minimum atomic E-state index is 0.227. The fourth-order valence-corrected chi connectivity index (χ4v) is 4.51. The van der Waals surface area contributed by atoms with Crippen molar-refractivity contribution in [1.82, 2.24) is 4.90 Å². The van der Waals surface area contributed by atoms with E-state index < -0.39 is 0 Å². The van der Waals surface area contributed by atoms with E-state index in [1.165, 1.54) is 38.6 Å². The molecule has 140 valence electrons. The van der Waals surface area contributed by atoms with E-state index in [-0.39, 0.29) is 6.04 Å². The first-order valence-corrected chi connectivity index (χ1v) is 10.3. The molecule has 23 heavy (non-hydrogen) atoms. The van der Waals surface area contributed by atoms with Crippen LogP contribution in [0.1, 0.15) is 101 Å². The van der Waals surface area contributed by atoms with Gasteiger partial charge < -0.3 is 0 Å². The van der Waals surface area contributed by atoms with E-state index in [1.54, 1.807) is 6.92 Å². The van der Waals surface area contributed by atoms with Crippen LogP contribution in [0.25, 0.3) is 0 Å². The van der Waals surface area contributed by atoms with Gasteiger partial charge in [0.1, 0.15) is 5.78 Å². The Morgan fingerprint density at radius 3 is 1.65 bits per heavy atom. The molecule has 2 nitrogen and oxygen atoms in total. The molecule has 2 aliphatic carbocycles. The summed E-state index contributed by atoms with van der Waals surface area (Å²) in [6.07, 6.45) is 8.29. The third kappa shape index (κ3) is 5.31. The van der Waals surface area contributed by atoms with Gasteiger partial charge in [0.15, 0.2) is 0 Å². The highest BCUT2D eigenvalue weighted by Gasteiger charge is 2.70. The first-order valence-electron chi connectivity index (χ1n) is 10.3. The molecule has 0 radical (unpaired) electrons. The number of Topliss-reactive ketones (excluding diaryl/α,β-unsaturated/α-hetero) is 1. The second kappa shape index (κ2) is 12.1. The Morgan fingerprint density at radius 2 is 1.30 bits per heavy atom. The molecule has 0 aromatic carbocycles. The maximum atomic E-state index is 11.5. The average molecular weight is 328 g/mol. The summed E-state index contributed by atoms with van der Waals surface area (Å²) < 4.78 is 0. The Bertz CT molecular complexity index is 307. The summed E-state index contributed by atoms with van der Waals surface area (Å²) in [4.78, 5) is 13.8. The van der Waals surface area contributed by atoms with Crippen LogP contribution in [0.5, 0.6) is 0 Å². The molecule has 3 rings (SSSR count). The first-order chi connectivity index (χ1) is 11.1. The lowest BCUT2D eigenvalue weighted by Crippen LogP contribution is -2.30. The predicted molar refractivity (Wildman–Crippen MR) is 105 cm³/mol. The van der Waals surface area contributed by atoms with Crippen molar-refractivity contribution in [3.63, 3.8) is 0 Å². The lowest BCUT2D eigenvalue weighted by atomic mass is 9.88. The third-order valence-corrected chi connectivity index (χ3v) is 5.37. The van der Waals surface area contributed by atoms with Crippen molar-refractivity contribution in [2.75, 3.05) is 13.6 Å². The van der Waals surface area contributed by atoms with Crippen LogP contribution in [0.15, 0.2) is 0 Å². The molecule has 2 spiro atoms. The van der Waals surface area contributed by atoms with Crippen molar-refractivity contribution >= 4 is 5.78 Å². The van der Waals surface area contributed by atoms with Crippen LogP contribution in [-0.4, -0.2) is 30.3 Å². The van der Waals surface area contributed by atoms with E-state index in [0.29, 0.717) is 16.6 Å². The van der Waals surface area contributed by atoms with E-state index in [0.717, 1.165) is 6.42 Å². The van der Waals surface area contributed by atoms with E-state index in [2.05, 4.69) is 11.9 Å². The average Bonchev–Trinajstić information content (AvgIpc) is 2.93. The predicted octanol–water partition coefficient (Wildman–Crippen LogP) is 6.33. The largest absolute Gasteiger partial charge is 0.298 e. The van der Waals surface area contributed by atoms with Crippen molar-refractivity contribution < 1.29 is 4.79 Å². The zero-order chi connectivity index (χ0) is 18.7. The van der Waals surface area contributed by atoms with Gasteiger partial charge in [-0.05, 0) is 50.5 Å². The van der Waals surface area contributed by atoms with E-state index in [4.69, 9.17) is 0 Å². The Kier molecular flexibility index (Phi) is 13.0. The Morgan fingerprint density at radius 1 is 0.870 bits per heavy atom. The minimum absolute atomic E-state index is 0.227. The highest BCUT2D eigenvalue weighted by atomic mass is 16.1. The summed E-state index contributed by atoms with van der Waals surface area (Å²) >= 11 is 0. The second-order valence-electron chi connectivity index (χ2n) is 6.19. The number of carbonyl (C=O) groups excluding carboxylic acids is 1. The molecule has 0 amide bonds. The molecule has 0 N–H and O–H groups in total. The van der Waals surface area contributed by atoms with Crippen molar-refractivity contribution in [2.45, 2.75) is 107 Å². The Balaban J connectivity index is 0. The first kappa shape index (κ1) is 24.9. The van der Waals surface area contributed by atoms with Gasteiger partial charge >= 0.3 is 0 Å². The molecule has 0 bridgehead atoms. The third-order valence-electron chi connectivity index (χ3n) is 5.37. The molecule has 2 atom stereocenters. The molecular weight excluding hydrogens is 282 g/mol. The van der Waals surface area contributed by atoms with E-state index in [1.807, 2.05) is 55.4 Å². The number of ketones is 1. The summed E-state index contributed by atoms with van der Waals surface area (Å²) in [5, 5.41) is 0. The molecule has 2 saturated carbocycles. The van der Waals surface area contributed by atoms with Gasteiger partial charge in [-0.2, -0.15) is 0 Å². The van der Waals surface area contributed by atoms with Crippen LogP contribution in [0.2, 0.25) is 0 Å². The smallest absolute Gasteiger partial charge is 0.146 e. The molecule has 1 aliphatic heterocycles. The van der Waals surface area contributed by atoms with Gasteiger partial charge in [-0.1, -0.05) is 68.2 Å². The highest BCUT2D eigenvalue weighted by Crippen LogP contribution is 2.75. The zero-order valence-corrected chi connectivity index (χ0v) is 17.9. The van der Waals surface area contributed by atoms with Crippen LogP contribution in [-0.2, 0) is 4.79 Å². The molecular formula is C21H45NO. The van der Waals surface area contributed by atoms with Gasteiger partial charge in [0.25, 0.3) is 0 Å². The molecule has 1 heterocycles. The summed E-state index contributed by atoms with van der Waals surface area (Å²) in [6, 6.07) is 0.227. The highest BCUT2D eigenvalue weighted by molar-refractivity contribution is 5.82. The summed E-state index contributed by atoms with van der Waals surface area (Å²) in [5.74, 6) is 0.370. The molecule has 3 fully saturated rings. The van der Waals surface area contributed by atoms with Gasteiger partial charge in [-0.25, -0.2) is 0 Å². The van der Waals surface area contributed by atoms with Crippen molar-refractivity contribution in [2.24, 2.45) is 10.8 Å². The van der Waals surface area contributed by atoms with Gasteiger partial charge in [0.05, 0.1) is 6.04 Å². The standard InChI is InChI=1S/C13H21NO.4C2H6/c1-10(15)11-7-13(9-14(11)2)8-12(13)5-3-4-6-12;4*1-2/h11H,3-9H2,1-2H3;4*1-2H3. The summed E-state index contributed by atoms with van der Waals surface area (Å²) in [6.45, 7) is 18.9. The fourth-order valence-electron chi connectivity index (χ4n) is 4.51. The van der Waals surface area contributed by atoms with Crippen LogP contribution >= 0.6 is 0 Å². The fraction of sp³-hybridized carbons (Fsp3) is 0.952. The molecule has 0 aromatic rings. The molecule has 0 aromatic heterocycles. The minimum Gasteiger partial charge on any atom is -0.298 e. The van der Waals surface area contributed by atoms with Gasteiger partial charge in [0, 0.05) is 6.54 Å². The van der Waals surface area contributed by atoms with Crippen LogP contribution < -0.4 is 0 Å². The molecule has 1 saturated heterocycles. The van der Waals surface area contributed by atoms with E-state index >= 15 is 0 Å². The zero-order valence-electron chi connectivity index (χ0n) is 17.9. The van der Waals surface area contributed by atoms with Crippen molar-refractivity contribution in [3.8, 4) is 0 Å². The van der Waals surface area contributed by atoms with Crippen LogP contribution in [0.3, 0.4) is 0 Å². The van der Waals surface area contributed by atoms with Crippen LogP contribution in [0, 0.1) is 10.8 Å². The number of nitrogens with zero attached hydrogens (tertiary/aromatic N) is 1. The number of fused-ring (bicyclic) bond motifs is 1. The number of carbonyl (C=O) groups is 1. The lowest BCUT2D eigenvalue weighted by Gasteiger charge is -2.16. The molecule has 3 aliphatic rings. The van der Waals surface area contributed by atoms with E-state index in [9.17, 15) is 4.79 Å². The second-order valence-corrected chi connectivity index (χ2v) is 6.19. The van der Waals surface area contributed by atoms with Gasteiger partial charge in [-0.15, -0.1) is 0 Å². The topological polar surface area (TPSA) is 20.3 Å². The monoisotopic (exact) mass is 327 g/mol. The number of hydrogen-bond donors (Lipinski definition) is 0.